The van der Waals surface area contributed by atoms with Gasteiger partial charge in [-0.25, -0.2) is 4.79 Å². The van der Waals surface area contributed by atoms with E-state index in [1.54, 1.807) is 13.8 Å². The molecule has 0 saturated carbocycles. The molecular formula is C36H59N11O11S2. The molecule has 24 heteroatoms. The number of nitrogens with zero attached hydrogens (tertiary/aromatic N) is 1. The summed E-state index contributed by atoms with van der Waals surface area (Å²) in [6, 6.07) is -4.04. The Morgan fingerprint density at radius 2 is 1.17 bits per heavy atom. The van der Waals surface area contributed by atoms with Crippen LogP contribution < -0.4 is 54.8 Å². The van der Waals surface area contributed by atoms with Gasteiger partial charge in [-0.2, -0.15) is 25.3 Å². The predicted molar refractivity (Wildman–Crippen MR) is 227 cm³/mol. The minimum absolute atomic E-state index is 0.0142. The minimum atomic E-state index is -1.79. The highest BCUT2D eigenvalue weighted by molar-refractivity contribution is 7.80. The molecule has 0 aliphatic rings. The number of aromatic hydroxyl groups is 1. The number of hydrogen-bond acceptors (Lipinski definition) is 14. The molecule has 60 heavy (non-hydrogen) atoms. The van der Waals surface area contributed by atoms with Crippen molar-refractivity contribution in [1.29, 1.82) is 0 Å². The Labute approximate surface area is 358 Å². The Bertz CT molecular complexity index is 1650. The lowest BCUT2D eigenvalue weighted by Crippen LogP contribution is -2.61. The Hall–Kier alpha value is -5.33. The van der Waals surface area contributed by atoms with E-state index in [-0.39, 0.29) is 62.0 Å². The number of aliphatic carboxylic acids is 2. The molecule has 17 N–H and O–H groups in total. The highest BCUT2D eigenvalue weighted by Crippen LogP contribution is 2.13. The second-order valence-electron chi connectivity index (χ2n) is 14.0. The van der Waals surface area contributed by atoms with Crippen LogP contribution in [0, 0.1) is 5.92 Å². The van der Waals surface area contributed by atoms with Crippen LogP contribution in [-0.2, 0) is 44.8 Å². The number of thiol groups is 2. The number of carbonyl (C=O) groups is 8. The lowest BCUT2D eigenvalue weighted by molar-refractivity contribution is -0.142. The molecule has 0 aromatic heterocycles. The molecule has 0 saturated heterocycles. The first-order valence-corrected chi connectivity index (χ1v) is 20.3. The number of carbonyl (C=O) groups excluding carboxylic acids is 6. The Morgan fingerprint density at radius 3 is 1.67 bits per heavy atom. The molecule has 1 aromatic rings. The SMILES string of the molecule is CC(C)[C@H](NC(=O)[C@H](CC(=O)O)NC(=O)[C@H](CCCCN)NC(=O)[C@H](CCCN=C(N)N)NC(=O)[C@@H](N)CS)C(=O)N[C@@H](Cc1ccc(O)cc1)C(=O)N[C@@H](CS)C(=O)O. The molecule has 336 valence electrons. The van der Waals surface area contributed by atoms with Crippen LogP contribution in [0.4, 0.5) is 0 Å². The van der Waals surface area contributed by atoms with Gasteiger partial charge in [0, 0.05) is 24.5 Å². The maximum Gasteiger partial charge on any atom is 0.327 e. The average molecular weight is 886 g/mol. The molecule has 0 unspecified atom stereocenters. The molecule has 6 amide bonds. The molecule has 0 aliphatic carbocycles. The van der Waals surface area contributed by atoms with E-state index in [4.69, 9.17) is 22.9 Å². The quantitative estimate of drug-likeness (QED) is 0.0168. The van der Waals surface area contributed by atoms with Gasteiger partial charge in [-0.15, -0.1) is 0 Å². The van der Waals surface area contributed by atoms with Crippen LogP contribution in [0.15, 0.2) is 29.3 Å². The third-order valence-electron chi connectivity index (χ3n) is 8.76. The molecule has 1 rings (SSSR count). The molecule has 0 fully saturated rings. The maximum absolute atomic E-state index is 13.8. The fraction of sp³-hybridized carbons (Fsp3) is 0.583. The summed E-state index contributed by atoms with van der Waals surface area (Å²) in [7, 11) is 0. The van der Waals surface area contributed by atoms with Crippen molar-refractivity contribution in [2.45, 2.75) is 101 Å². The highest BCUT2D eigenvalue weighted by Gasteiger charge is 2.35. The van der Waals surface area contributed by atoms with Crippen LogP contribution in [-0.4, -0.2) is 136 Å². The van der Waals surface area contributed by atoms with Crippen LogP contribution in [0.25, 0.3) is 0 Å². The van der Waals surface area contributed by atoms with Gasteiger partial charge in [-0.05, 0) is 62.3 Å². The largest absolute Gasteiger partial charge is 0.508 e. The number of carboxylic acids is 2. The summed E-state index contributed by atoms with van der Waals surface area (Å²) in [6.07, 6.45) is -0.164. The van der Waals surface area contributed by atoms with Gasteiger partial charge in [-0.3, -0.25) is 38.6 Å². The van der Waals surface area contributed by atoms with Crippen molar-refractivity contribution in [3.63, 3.8) is 0 Å². The molecule has 0 aliphatic heterocycles. The number of nitrogens with one attached hydrogen (secondary N) is 6. The van der Waals surface area contributed by atoms with E-state index in [1.165, 1.54) is 24.3 Å². The standard InChI is InChI=1S/C36H59N11O11S2/c1-18(2)28(34(56)45-24(14-19-8-10-20(48)11-9-19)32(54)46-26(17-60)35(57)58)47-33(55)25(15-27(49)50)44-31(53)22(6-3-4-12-37)43-30(52)23(7-5-13-41-36(39)40)42-29(51)21(38)16-59/h8-11,18,21-26,28,48,59-60H,3-7,12-17,37-38H2,1-2H3,(H,42,51)(H,43,52)(H,44,53)(H,45,56)(H,46,54)(H,47,55)(H,49,50)(H,57,58)(H4,39,40,41)/t21-,22-,23-,24-,25-,26-,28-/m0/s1. The number of aliphatic imine (C=N–C) groups is 1. The van der Waals surface area contributed by atoms with Crippen LogP contribution in [0.2, 0.25) is 0 Å². The monoisotopic (exact) mass is 885 g/mol. The summed E-state index contributed by atoms with van der Waals surface area (Å²) in [5, 5.41) is 43.5. The smallest absolute Gasteiger partial charge is 0.327 e. The Morgan fingerprint density at radius 1 is 0.667 bits per heavy atom. The Kier molecular flexibility index (Phi) is 24.1. The van der Waals surface area contributed by atoms with Crippen molar-refractivity contribution in [3.8, 4) is 5.75 Å². The van der Waals surface area contributed by atoms with Crippen LogP contribution >= 0.6 is 25.3 Å². The summed E-state index contributed by atoms with van der Waals surface area (Å²) in [4.78, 5) is 108. The predicted octanol–water partition coefficient (Wildman–Crippen LogP) is -3.57. The fourth-order valence-corrected chi connectivity index (χ4v) is 5.82. The second-order valence-corrected chi connectivity index (χ2v) is 14.8. The highest BCUT2D eigenvalue weighted by atomic mass is 32.1. The number of nitrogens with two attached hydrogens (primary N) is 4. The average Bonchev–Trinajstić information content (AvgIpc) is 3.18. The maximum atomic E-state index is 13.8. The van der Waals surface area contributed by atoms with E-state index in [1.807, 2.05) is 0 Å². The molecular weight excluding hydrogens is 827 g/mol. The zero-order chi connectivity index (χ0) is 45.5. The third-order valence-corrected chi connectivity index (χ3v) is 9.52. The van der Waals surface area contributed by atoms with Gasteiger partial charge < -0.3 is 70.2 Å². The summed E-state index contributed by atoms with van der Waals surface area (Å²) < 4.78 is 0. The minimum Gasteiger partial charge on any atom is -0.508 e. The number of phenols is 1. The summed E-state index contributed by atoms with van der Waals surface area (Å²) >= 11 is 7.97. The van der Waals surface area contributed by atoms with Crippen LogP contribution in [0.1, 0.15) is 57.9 Å². The normalized spacial score (nSPS) is 14.4. The molecule has 1 aromatic carbocycles. The van der Waals surface area contributed by atoms with Crippen molar-refractivity contribution in [2.24, 2.45) is 33.8 Å². The first-order chi connectivity index (χ1) is 28.2. The van der Waals surface area contributed by atoms with E-state index in [2.05, 4.69) is 62.2 Å². The van der Waals surface area contributed by atoms with Crippen molar-refractivity contribution < 1.29 is 53.7 Å². The van der Waals surface area contributed by atoms with E-state index < -0.39 is 102 Å². The number of phenolic OH excluding ortho intramolecular Hbond substituents is 1. The van der Waals surface area contributed by atoms with E-state index in [0.717, 1.165) is 0 Å². The molecule has 0 bridgehead atoms. The fourth-order valence-electron chi connectivity index (χ4n) is 5.41. The van der Waals surface area contributed by atoms with Crippen LogP contribution in [0.3, 0.4) is 0 Å². The molecule has 22 nitrogen and oxygen atoms in total. The first-order valence-electron chi connectivity index (χ1n) is 19.0. The molecule has 0 radical (unpaired) electrons. The van der Waals surface area contributed by atoms with Crippen LogP contribution in [0.5, 0.6) is 5.75 Å². The summed E-state index contributed by atoms with van der Waals surface area (Å²) in [5.74, 6) is -9.52. The van der Waals surface area contributed by atoms with Gasteiger partial charge in [0.05, 0.1) is 12.5 Å². The zero-order valence-electron chi connectivity index (χ0n) is 33.5. The molecule has 0 spiro atoms. The van der Waals surface area contributed by atoms with E-state index in [9.17, 15) is 53.7 Å². The number of carboxylic acid groups (broad SMARTS) is 2. The van der Waals surface area contributed by atoms with Gasteiger partial charge in [0.25, 0.3) is 0 Å². The first kappa shape index (κ1) is 52.7. The zero-order valence-corrected chi connectivity index (χ0v) is 35.3. The number of benzene rings is 1. The van der Waals surface area contributed by atoms with Gasteiger partial charge in [0.2, 0.25) is 35.4 Å². The number of guanidine groups is 1. The Balaban J connectivity index is 3.38. The van der Waals surface area contributed by atoms with Crippen molar-refractivity contribution in [3.05, 3.63) is 29.8 Å². The van der Waals surface area contributed by atoms with E-state index in [0.29, 0.717) is 18.4 Å². The third kappa shape index (κ3) is 19.6. The number of hydrogen-bond donors (Lipinski definition) is 15. The number of rotatable bonds is 28. The molecule has 7 atom stereocenters. The van der Waals surface area contributed by atoms with Crippen molar-refractivity contribution >= 4 is 78.6 Å². The lowest BCUT2D eigenvalue weighted by atomic mass is 10.00. The number of unbranched alkanes of at least 4 members (excludes halogenated alkanes) is 1. The topological polar surface area (TPSA) is 386 Å². The summed E-state index contributed by atoms with van der Waals surface area (Å²) in [5.41, 5.74) is 22.6. The lowest BCUT2D eigenvalue weighted by Gasteiger charge is -2.28. The van der Waals surface area contributed by atoms with Crippen molar-refractivity contribution in [2.75, 3.05) is 24.6 Å². The summed E-state index contributed by atoms with van der Waals surface area (Å²) in [6.45, 7) is 3.44. The molecule has 0 heterocycles. The van der Waals surface area contributed by atoms with E-state index >= 15 is 0 Å². The van der Waals surface area contributed by atoms with Crippen molar-refractivity contribution in [1.82, 2.24) is 31.9 Å². The van der Waals surface area contributed by atoms with Gasteiger partial charge in [0.1, 0.15) is 42.0 Å². The van der Waals surface area contributed by atoms with Gasteiger partial charge in [-0.1, -0.05) is 26.0 Å². The second kappa shape index (κ2) is 27.4. The number of amides is 6. The van der Waals surface area contributed by atoms with Gasteiger partial charge >= 0.3 is 11.9 Å². The van der Waals surface area contributed by atoms with Gasteiger partial charge in [0.15, 0.2) is 5.96 Å².